The molecule has 0 saturated heterocycles. The Morgan fingerprint density at radius 3 is 2.32 bits per heavy atom. The minimum Gasteiger partial charge on any atom is -0.467 e. The largest absolute Gasteiger partial charge is 0.467 e. The topological polar surface area (TPSA) is 109 Å². The third-order valence-corrected chi connectivity index (χ3v) is 7.69. The number of carbonyl (C=O) groups is 2. The van der Waals surface area contributed by atoms with Crippen LogP contribution in [0.4, 0.5) is 11.4 Å². The Balaban J connectivity index is 1.60. The van der Waals surface area contributed by atoms with Gasteiger partial charge in [-0.2, -0.15) is 0 Å². The smallest absolute Gasteiger partial charge is 0.264 e. The molecule has 37 heavy (non-hydrogen) atoms. The Hall–Kier alpha value is -4.37. The van der Waals surface area contributed by atoms with Crippen LogP contribution in [0.1, 0.15) is 27.2 Å². The number of sulfonamides is 1. The quantitative estimate of drug-likeness (QED) is 0.336. The number of rotatable bonds is 9. The van der Waals surface area contributed by atoms with E-state index in [0.29, 0.717) is 11.4 Å². The van der Waals surface area contributed by atoms with Gasteiger partial charge < -0.3 is 15.1 Å². The summed E-state index contributed by atoms with van der Waals surface area (Å²) >= 11 is 0. The van der Waals surface area contributed by atoms with Crippen LogP contribution in [0.5, 0.6) is 0 Å². The fraction of sp³-hybridized carbons (Fsp3) is 0.143. The fourth-order valence-electron chi connectivity index (χ4n) is 3.81. The zero-order valence-corrected chi connectivity index (χ0v) is 21.3. The van der Waals surface area contributed by atoms with Gasteiger partial charge in [-0.3, -0.25) is 13.9 Å². The van der Waals surface area contributed by atoms with Gasteiger partial charge in [0.25, 0.3) is 15.9 Å². The van der Waals surface area contributed by atoms with Crippen LogP contribution in [0.15, 0.2) is 101 Å². The third-order valence-electron chi connectivity index (χ3n) is 5.91. The first-order chi connectivity index (χ1) is 17.8. The minimum atomic E-state index is -4.06. The van der Waals surface area contributed by atoms with Crippen molar-refractivity contribution >= 4 is 33.2 Å². The number of nitrogens with one attached hydrogen (secondary N) is 2. The van der Waals surface area contributed by atoms with Gasteiger partial charge in [0.15, 0.2) is 0 Å². The first-order valence-corrected chi connectivity index (χ1v) is 13.0. The maximum atomic E-state index is 13.6. The van der Waals surface area contributed by atoms with Gasteiger partial charge in [-0.25, -0.2) is 8.42 Å². The van der Waals surface area contributed by atoms with Crippen LogP contribution in [0.3, 0.4) is 0 Å². The lowest BCUT2D eigenvalue weighted by molar-refractivity contribution is -0.114. The molecule has 0 unspecified atom stereocenters. The first kappa shape index (κ1) is 25.7. The van der Waals surface area contributed by atoms with Gasteiger partial charge in [-0.05, 0) is 67.4 Å². The second-order valence-corrected chi connectivity index (χ2v) is 10.3. The van der Waals surface area contributed by atoms with Gasteiger partial charge in [0.2, 0.25) is 5.91 Å². The zero-order valence-electron chi connectivity index (χ0n) is 20.5. The van der Waals surface area contributed by atoms with Crippen LogP contribution in [0.2, 0.25) is 0 Å². The highest BCUT2D eigenvalue weighted by Gasteiger charge is 2.29. The molecule has 2 amide bonds. The van der Waals surface area contributed by atoms with Gasteiger partial charge >= 0.3 is 0 Å². The van der Waals surface area contributed by atoms with E-state index in [0.717, 1.165) is 15.4 Å². The minimum absolute atomic E-state index is 0.0708. The molecule has 0 saturated carbocycles. The third kappa shape index (κ3) is 5.90. The average molecular weight is 518 g/mol. The predicted octanol–water partition coefficient (Wildman–Crippen LogP) is 4.66. The molecule has 0 aliphatic carbocycles. The van der Waals surface area contributed by atoms with E-state index >= 15 is 0 Å². The molecule has 1 heterocycles. The number of nitrogens with zero attached hydrogens (tertiary/aromatic N) is 1. The summed E-state index contributed by atoms with van der Waals surface area (Å²) in [5, 5.41) is 5.46. The maximum absolute atomic E-state index is 13.6. The molecule has 2 N–H and O–H groups in total. The number of furan rings is 1. The summed E-state index contributed by atoms with van der Waals surface area (Å²) in [5.74, 6) is -0.410. The summed E-state index contributed by atoms with van der Waals surface area (Å²) in [6, 6.07) is 23.3. The van der Waals surface area contributed by atoms with Crippen molar-refractivity contribution in [1.82, 2.24) is 5.32 Å². The van der Waals surface area contributed by atoms with Gasteiger partial charge in [0.05, 0.1) is 34.6 Å². The Morgan fingerprint density at radius 1 is 0.865 bits per heavy atom. The van der Waals surface area contributed by atoms with Crippen molar-refractivity contribution < 1.29 is 22.4 Å². The van der Waals surface area contributed by atoms with Crippen LogP contribution in [0.25, 0.3) is 0 Å². The van der Waals surface area contributed by atoms with Crippen molar-refractivity contribution in [1.29, 1.82) is 0 Å². The Bertz CT molecular complexity index is 1500. The molecule has 3 aromatic carbocycles. The lowest BCUT2D eigenvalue weighted by atomic mass is 10.1. The number of carbonyl (C=O) groups excluding carboxylic acids is 2. The van der Waals surface area contributed by atoms with Crippen molar-refractivity contribution in [3.05, 3.63) is 114 Å². The number of hydrogen-bond donors (Lipinski definition) is 2. The van der Waals surface area contributed by atoms with Crippen LogP contribution in [0, 0.1) is 13.8 Å². The Labute approximate surface area is 216 Å². The van der Waals surface area contributed by atoms with Gasteiger partial charge in [0, 0.05) is 0 Å². The van der Waals surface area contributed by atoms with Crippen molar-refractivity contribution in [2.75, 3.05) is 16.2 Å². The second kappa shape index (κ2) is 11.1. The molecule has 0 spiro atoms. The molecule has 1 aromatic heterocycles. The van der Waals surface area contributed by atoms with Crippen molar-refractivity contribution in [3.63, 3.8) is 0 Å². The molecule has 4 aromatic rings. The van der Waals surface area contributed by atoms with E-state index in [-0.39, 0.29) is 22.7 Å². The molecule has 0 aliphatic rings. The summed E-state index contributed by atoms with van der Waals surface area (Å²) < 4.78 is 33.6. The Morgan fingerprint density at radius 2 is 1.59 bits per heavy atom. The van der Waals surface area contributed by atoms with Gasteiger partial charge in [-0.1, -0.05) is 42.5 Å². The number of hydrogen-bond acceptors (Lipinski definition) is 5. The number of amides is 2. The Kier molecular flexibility index (Phi) is 7.74. The van der Waals surface area contributed by atoms with E-state index in [9.17, 15) is 18.0 Å². The first-order valence-electron chi connectivity index (χ1n) is 11.6. The van der Waals surface area contributed by atoms with E-state index in [1.165, 1.54) is 18.4 Å². The number of anilines is 2. The molecule has 190 valence electrons. The standard InChI is InChI=1S/C28H27N3O5S/c1-20-10-8-16-26(21(20)2)31(37(34,35)23-12-4-3-5-13-23)19-27(32)30-25-15-7-6-14-24(25)28(33)29-18-22-11-9-17-36-22/h3-17H,18-19H2,1-2H3,(H,29,33)(H,30,32). The summed E-state index contributed by atoms with van der Waals surface area (Å²) in [5.41, 5.74) is 2.55. The van der Waals surface area contributed by atoms with Gasteiger partial charge in [0.1, 0.15) is 12.3 Å². The zero-order chi connectivity index (χ0) is 26.4. The van der Waals surface area contributed by atoms with Gasteiger partial charge in [-0.15, -0.1) is 0 Å². The van der Waals surface area contributed by atoms with E-state index in [4.69, 9.17) is 4.42 Å². The molecule has 0 atom stereocenters. The van der Waals surface area contributed by atoms with Crippen LogP contribution >= 0.6 is 0 Å². The van der Waals surface area contributed by atoms with E-state index in [1.54, 1.807) is 66.7 Å². The molecule has 4 rings (SSSR count). The number of benzene rings is 3. The van der Waals surface area contributed by atoms with Crippen LogP contribution < -0.4 is 14.9 Å². The van der Waals surface area contributed by atoms with E-state index in [1.807, 2.05) is 19.9 Å². The summed E-state index contributed by atoms with van der Waals surface area (Å²) in [4.78, 5) is 26.1. The highest BCUT2D eigenvalue weighted by atomic mass is 32.2. The summed E-state index contributed by atoms with van der Waals surface area (Å²) in [7, 11) is -4.06. The highest BCUT2D eigenvalue weighted by molar-refractivity contribution is 7.92. The van der Waals surface area contributed by atoms with E-state index < -0.39 is 28.4 Å². The van der Waals surface area contributed by atoms with E-state index in [2.05, 4.69) is 10.6 Å². The maximum Gasteiger partial charge on any atom is 0.264 e. The molecule has 0 fully saturated rings. The molecular formula is C28H27N3O5S. The fourth-order valence-corrected chi connectivity index (χ4v) is 5.31. The average Bonchev–Trinajstić information content (AvgIpc) is 3.42. The molecular weight excluding hydrogens is 490 g/mol. The van der Waals surface area contributed by atoms with Crippen LogP contribution in [-0.4, -0.2) is 26.8 Å². The van der Waals surface area contributed by atoms with Crippen molar-refractivity contribution in [2.45, 2.75) is 25.3 Å². The summed E-state index contributed by atoms with van der Waals surface area (Å²) in [6.45, 7) is 3.40. The molecule has 0 bridgehead atoms. The lowest BCUT2D eigenvalue weighted by Crippen LogP contribution is -2.39. The molecule has 0 aliphatic heterocycles. The van der Waals surface area contributed by atoms with Crippen molar-refractivity contribution in [2.24, 2.45) is 0 Å². The van der Waals surface area contributed by atoms with Crippen LogP contribution in [-0.2, 0) is 21.4 Å². The molecule has 0 radical (unpaired) electrons. The highest BCUT2D eigenvalue weighted by Crippen LogP contribution is 2.28. The molecule has 9 heteroatoms. The normalized spacial score (nSPS) is 11.1. The number of aryl methyl sites for hydroxylation is 1. The SMILES string of the molecule is Cc1cccc(N(CC(=O)Nc2ccccc2C(=O)NCc2ccco2)S(=O)(=O)c2ccccc2)c1C. The lowest BCUT2D eigenvalue weighted by Gasteiger charge is -2.26. The van der Waals surface area contributed by atoms with Crippen molar-refractivity contribution in [3.8, 4) is 0 Å². The second-order valence-electron chi connectivity index (χ2n) is 8.40. The monoisotopic (exact) mass is 517 g/mol. The number of para-hydroxylation sites is 1. The molecule has 8 nitrogen and oxygen atoms in total. The summed E-state index contributed by atoms with van der Waals surface area (Å²) in [6.07, 6.45) is 1.51. The predicted molar refractivity (Wildman–Crippen MR) is 142 cm³/mol.